The molecule has 1 aliphatic heterocycles. The van der Waals surface area contributed by atoms with Crippen LogP contribution in [0, 0.1) is 6.92 Å². The van der Waals surface area contributed by atoms with Crippen molar-refractivity contribution in [2.24, 2.45) is 0 Å². The standard InChI is InChI=1S/C31H32N2O4/c1-21-27-20-24(37-3)16-17-28(27)32(29(21)22-12-14-23(36-2)15-13-22)18-8-4-5-9-19-33-30(34)25-10-6-7-11-26(25)31(33)35/h6-7,10-17,20H,4-5,8-9,18-19H2,1-3H3. The fourth-order valence-corrected chi connectivity index (χ4v) is 5.32. The van der Waals surface area contributed by atoms with E-state index in [0.717, 1.165) is 49.3 Å². The van der Waals surface area contributed by atoms with Gasteiger partial charge in [-0.2, -0.15) is 0 Å². The lowest BCUT2D eigenvalue weighted by molar-refractivity contribution is 0.0651. The summed E-state index contributed by atoms with van der Waals surface area (Å²) in [6, 6.07) is 21.5. The van der Waals surface area contributed by atoms with Gasteiger partial charge in [0.05, 0.1) is 31.0 Å². The van der Waals surface area contributed by atoms with Crippen LogP contribution in [0.5, 0.6) is 11.5 Å². The molecule has 1 aromatic heterocycles. The molecule has 0 fully saturated rings. The van der Waals surface area contributed by atoms with Crippen LogP contribution in [0.15, 0.2) is 66.7 Å². The van der Waals surface area contributed by atoms with Crippen molar-refractivity contribution >= 4 is 22.7 Å². The van der Waals surface area contributed by atoms with Gasteiger partial charge in [-0.05, 0) is 85.5 Å². The van der Waals surface area contributed by atoms with E-state index in [0.29, 0.717) is 17.7 Å². The van der Waals surface area contributed by atoms with Crippen LogP contribution in [-0.2, 0) is 6.54 Å². The fourth-order valence-electron chi connectivity index (χ4n) is 5.32. The van der Waals surface area contributed by atoms with Crippen molar-refractivity contribution in [3.8, 4) is 22.8 Å². The largest absolute Gasteiger partial charge is 0.497 e. The molecule has 0 aliphatic carbocycles. The predicted octanol–water partition coefficient (Wildman–Crippen LogP) is 6.49. The summed E-state index contributed by atoms with van der Waals surface area (Å²) >= 11 is 0. The minimum atomic E-state index is -0.172. The Morgan fingerprint density at radius 1 is 0.703 bits per heavy atom. The maximum Gasteiger partial charge on any atom is 0.261 e. The lowest BCUT2D eigenvalue weighted by Gasteiger charge is -2.14. The van der Waals surface area contributed by atoms with Crippen molar-refractivity contribution in [1.82, 2.24) is 9.47 Å². The first-order valence-electron chi connectivity index (χ1n) is 12.8. The van der Waals surface area contributed by atoms with E-state index < -0.39 is 0 Å². The molecular formula is C31H32N2O4. The number of unbranched alkanes of at least 4 members (excludes halogenated alkanes) is 3. The third kappa shape index (κ3) is 4.59. The quantitative estimate of drug-likeness (QED) is 0.186. The number of aromatic nitrogens is 1. The van der Waals surface area contributed by atoms with Gasteiger partial charge in [0.1, 0.15) is 11.5 Å². The van der Waals surface area contributed by atoms with E-state index in [4.69, 9.17) is 9.47 Å². The molecule has 190 valence electrons. The van der Waals surface area contributed by atoms with E-state index in [-0.39, 0.29) is 11.8 Å². The normalized spacial score (nSPS) is 12.9. The Labute approximate surface area is 217 Å². The van der Waals surface area contributed by atoms with Gasteiger partial charge in [-0.1, -0.05) is 25.0 Å². The highest BCUT2D eigenvalue weighted by atomic mass is 16.5. The first kappa shape index (κ1) is 24.6. The topological polar surface area (TPSA) is 60.8 Å². The van der Waals surface area contributed by atoms with Crippen LogP contribution in [0.1, 0.15) is 52.0 Å². The molecule has 0 spiro atoms. The number of imide groups is 1. The van der Waals surface area contributed by atoms with Crippen molar-refractivity contribution < 1.29 is 19.1 Å². The number of hydrogen-bond donors (Lipinski definition) is 0. The Bertz CT molecular complexity index is 1420. The number of carbonyl (C=O) groups excluding carboxylic acids is 2. The summed E-state index contributed by atoms with van der Waals surface area (Å²) in [6.45, 7) is 3.51. The van der Waals surface area contributed by atoms with E-state index in [9.17, 15) is 9.59 Å². The maximum atomic E-state index is 12.6. The molecule has 0 saturated heterocycles. The van der Waals surface area contributed by atoms with Crippen LogP contribution >= 0.6 is 0 Å². The average Bonchev–Trinajstić information content (AvgIpc) is 3.35. The molecule has 2 heterocycles. The number of carbonyl (C=O) groups is 2. The van der Waals surface area contributed by atoms with Crippen LogP contribution in [0.3, 0.4) is 0 Å². The van der Waals surface area contributed by atoms with Crippen LogP contribution in [0.2, 0.25) is 0 Å². The minimum absolute atomic E-state index is 0.172. The van der Waals surface area contributed by atoms with Gasteiger partial charge < -0.3 is 14.0 Å². The van der Waals surface area contributed by atoms with Gasteiger partial charge in [0.25, 0.3) is 11.8 Å². The van der Waals surface area contributed by atoms with Crippen LogP contribution < -0.4 is 9.47 Å². The van der Waals surface area contributed by atoms with E-state index in [1.54, 1.807) is 38.5 Å². The molecule has 1 aliphatic rings. The Morgan fingerprint density at radius 2 is 1.30 bits per heavy atom. The van der Waals surface area contributed by atoms with E-state index in [1.165, 1.54) is 27.1 Å². The summed E-state index contributed by atoms with van der Waals surface area (Å²) in [5.41, 5.74) is 5.81. The monoisotopic (exact) mass is 496 g/mol. The lowest BCUT2D eigenvalue weighted by Crippen LogP contribution is -2.30. The van der Waals surface area contributed by atoms with Crippen molar-refractivity contribution in [3.05, 3.63) is 83.4 Å². The van der Waals surface area contributed by atoms with Gasteiger partial charge in [-0.3, -0.25) is 14.5 Å². The van der Waals surface area contributed by atoms with Crippen molar-refractivity contribution in [3.63, 3.8) is 0 Å². The maximum absolute atomic E-state index is 12.6. The first-order valence-corrected chi connectivity index (χ1v) is 12.8. The molecular weight excluding hydrogens is 464 g/mol. The number of rotatable bonds is 10. The lowest BCUT2D eigenvalue weighted by atomic mass is 10.1. The zero-order valence-electron chi connectivity index (χ0n) is 21.6. The smallest absolute Gasteiger partial charge is 0.261 e. The number of benzene rings is 3. The van der Waals surface area contributed by atoms with Gasteiger partial charge in [-0.15, -0.1) is 0 Å². The van der Waals surface area contributed by atoms with Crippen LogP contribution in [0.4, 0.5) is 0 Å². The molecule has 0 saturated carbocycles. The molecule has 3 aromatic carbocycles. The SMILES string of the molecule is COc1ccc(-c2c(C)c3cc(OC)ccc3n2CCCCCCN2C(=O)c3ccccc3C2=O)cc1. The summed E-state index contributed by atoms with van der Waals surface area (Å²) in [6.07, 6.45) is 3.78. The van der Waals surface area contributed by atoms with E-state index in [1.807, 2.05) is 18.2 Å². The van der Waals surface area contributed by atoms with E-state index in [2.05, 4.69) is 35.8 Å². The summed E-state index contributed by atoms with van der Waals surface area (Å²) in [5, 5.41) is 1.19. The molecule has 0 unspecified atom stereocenters. The Morgan fingerprint density at radius 3 is 1.92 bits per heavy atom. The van der Waals surface area contributed by atoms with Crippen LogP contribution in [-0.4, -0.2) is 42.0 Å². The Hall–Kier alpha value is -4.06. The molecule has 6 nitrogen and oxygen atoms in total. The van der Waals surface area contributed by atoms with Crippen molar-refractivity contribution in [2.75, 3.05) is 20.8 Å². The number of ether oxygens (including phenoxy) is 2. The van der Waals surface area contributed by atoms with Gasteiger partial charge in [0.2, 0.25) is 0 Å². The highest BCUT2D eigenvalue weighted by Gasteiger charge is 2.34. The number of methoxy groups -OCH3 is 2. The Balaban J connectivity index is 1.26. The number of aryl methyl sites for hydroxylation is 2. The summed E-state index contributed by atoms with van der Waals surface area (Å²) in [4.78, 5) is 26.6. The third-order valence-corrected chi connectivity index (χ3v) is 7.28. The average molecular weight is 497 g/mol. The van der Waals surface area contributed by atoms with Crippen molar-refractivity contribution in [2.45, 2.75) is 39.2 Å². The third-order valence-electron chi connectivity index (χ3n) is 7.28. The van der Waals surface area contributed by atoms with Gasteiger partial charge in [0, 0.05) is 24.0 Å². The summed E-state index contributed by atoms with van der Waals surface area (Å²) in [7, 11) is 3.37. The molecule has 0 atom stereocenters. The molecule has 4 aromatic rings. The van der Waals surface area contributed by atoms with Gasteiger partial charge >= 0.3 is 0 Å². The second-order valence-corrected chi connectivity index (χ2v) is 9.46. The van der Waals surface area contributed by atoms with Gasteiger partial charge in [-0.25, -0.2) is 0 Å². The number of amides is 2. The molecule has 2 amide bonds. The molecule has 0 N–H and O–H groups in total. The highest BCUT2D eigenvalue weighted by molar-refractivity contribution is 6.21. The number of nitrogens with zero attached hydrogens (tertiary/aromatic N) is 2. The Kier molecular flexibility index (Phi) is 6.99. The highest BCUT2D eigenvalue weighted by Crippen LogP contribution is 2.36. The number of hydrogen-bond acceptors (Lipinski definition) is 4. The molecule has 37 heavy (non-hydrogen) atoms. The minimum Gasteiger partial charge on any atom is -0.497 e. The summed E-state index contributed by atoms with van der Waals surface area (Å²) in [5.74, 6) is 1.34. The molecule has 0 radical (unpaired) electrons. The zero-order chi connectivity index (χ0) is 25.9. The fraction of sp³-hybridized carbons (Fsp3) is 0.290. The second-order valence-electron chi connectivity index (χ2n) is 9.46. The van der Waals surface area contributed by atoms with Crippen molar-refractivity contribution in [1.29, 1.82) is 0 Å². The number of fused-ring (bicyclic) bond motifs is 2. The molecule has 0 bridgehead atoms. The van der Waals surface area contributed by atoms with Gasteiger partial charge in [0.15, 0.2) is 0 Å². The van der Waals surface area contributed by atoms with Crippen LogP contribution in [0.25, 0.3) is 22.2 Å². The predicted molar refractivity (Wildman–Crippen MR) is 145 cm³/mol. The zero-order valence-corrected chi connectivity index (χ0v) is 21.6. The second kappa shape index (κ2) is 10.5. The molecule has 6 heteroatoms. The van der Waals surface area contributed by atoms with E-state index >= 15 is 0 Å². The summed E-state index contributed by atoms with van der Waals surface area (Å²) < 4.78 is 13.2. The molecule has 5 rings (SSSR count). The first-order chi connectivity index (χ1) is 18.0.